The van der Waals surface area contributed by atoms with Gasteiger partial charge in [0.2, 0.25) is 0 Å². The molecule has 118 valence electrons. The van der Waals surface area contributed by atoms with E-state index in [1.165, 1.54) is 32.6 Å². The number of rotatable bonds is 5. The molecule has 0 unspecified atom stereocenters. The number of carbonyl (C=O) groups is 1. The maximum atomic E-state index is 12.6. The standard InChI is InChI=1S/C13H14N2O6S/c1-8-7-21-14-12(8)15(2)22(18,19)9-4-5-11(20-3)10(6-9)13(16)17/h4-7H,1-3H3,(H,16,17). The van der Waals surface area contributed by atoms with E-state index in [0.717, 1.165) is 10.4 Å². The van der Waals surface area contributed by atoms with E-state index in [-0.39, 0.29) is 22.0 Å². The number of carboxylic acid groups (broad SMARTS) is 1. The predicted octanol–water partition coefficient (Wildman–Crippen LogP) is 1.51. The van der Waals surface area contributed by atoms with Gasteiger partial charge in [0.25, 0.3) is 10.0 Å². The summed E-state index contributed by atoms with van der Waals surface area (Å²) in [5.74, 6) is -1.08. The molecule has 22 heavy (non-hydrogen) atoms. The number of aromatic carboxylic acids is 1. The van der Waals surface area contributed by atoms with Crippen molar-refractivity contribution in [2.24, 2.45) is 0 Å². The van der Waals surface area contributed by atoms with Crippen LogP contribution in [-0.4, -0.2) is 38.8 Å². The van der Waals surface area contributed by atoms with Gasteiger partial charge in [-0.3, -0.25) is 0 Å². The number of methoxy groups -OCH3 is 1. The highest BCUT2D eigenvalue weighted by Crippen LogP contribution is 2.27. The first kappa shape index (κ1) is 15.8. The van der Waals surface area contributed by atoms with Crippen molar-refractivity contribution in [3.8, 4) is 5.75 Å². The average molecular weight is 326 g/mol. The van der Waals surface area contributed by atoms with Crippen molar-refractivity contribution < 1.29 is 27.6 Å². The van der Waals surface area contributed by atoms with E-state index in [9.17, 15) is 13.2 Å². The second kappa shape index (κ2) is 5.68. The Hall–Kier alpha value is -2.55. The number of aromatic nitrogens is 1. The minimum Gasteiger partial charge on any atom is -0.496 e. The third kappa shape index (κ3) is 2.62. The van der Waals surface area contributed by atoms with E-state index >= 15 is 0 Å². The van der Waals surface area contributed by atoms with Crippen molar-refractivity contribution in [3.05, 3.63) is 35.6 Å². The Morgan fingerprint density at radius 1 is 1.41 bits per heavy atom. The smallest absolute Gasteiger partial charge is 0.339 e. The summed E-state index contributed by atoms with van der Waals surface area (Å²) >= 11 is 0. The fourth-order valence-electron chi connectivity index (χ4n) is 1.87. The third-order valence-corrected chi connectivity index (χ3v) is 4.82. The van der Waals surface area contributed by atoms with Gasteiger partial charge in [-0.2, -0.15) is 0 Å². The second-order valence-electron chi connectivity index (χ2n) is 4.46. The zero-order chi connectivity index (χ0) is 16.5. The maximum Gasteiger partial charge on any atom is 0.339 e. The van der Waals surface area contributed by atoms with Crippen molar-refractivity contribution in [2.75, 3.05) is 18.5 Å². The molecule has 0 aliphatic carbocycles. The van der Waals surface area contributed by atoms with Gasteiger partial charge in [-0.1, -0.05) is 5.16 Å². The van der Waals surface area contributed by atoms with E-state index in [1.807, 2.05) is 0 Å². The minimum atomic E-state index is -3.97. The number of carboxylic acids is 1. The summed E-state index contributed by atoms with van der Waals surface area (Å²) in [6.07, 6.45) is 1.32. The molecule has 0 spiro atoms. The highest BCUT2D eigenvalue weighted by molar-refractivity contribution is 7.92. The topological polar surface area (TPSA) is 110 Å². The summed E-state index contributed by atoms with van der Waals surface area (Å²) in [6.45, 7) is 1.65. The zero-order valence-electron chi connectivity index (χ0n) is 12.1. The molecule has 0 amide bonds. The molecule has 0 saturated carbocycles. The number of aryl methyl sites for hydroxylation is 1. The van der Waals surface area contributed by atoms with Crippen LogP contribution in [0.3, 0.4) is 0 Å². The lowest BCUT2D eigenvalue weighted by molar-refractivity contribution is 0.0693. The summed E-state index contributed by atoms with van der Waals surface area (Å²) in [6, 6.07) is 3.61. The SMILES string of the molecule is COc1ccc(S(=O)(=O)N(C)c2nocc2C)cc1C(=O)O. The normalized spacial score (nSPS) is 11.2. The molecule has 2 rings (SSSR count). The molecule has 1 N–H and O–H groups in total. The van der Waals surface area contributed by atoms with Crippen molar-refractivity contribution >= 4 is 21.8 Å². The van der Waals surface area contributed by atoms with Crippen LogP contribution in [0.15, 0.2) is 33.9 Å². The molecule has 1 heterocycles. The van der Waals surface area contributed by atoms with Crippen LogP contribution in [0.2, 0.25) is 0 Å². The fourth-order valence-corrected chi connectivity index (χ4v) is 3.10. The molecule has 0 atom stereocenters. The van der Waals surface area contributed by atoms with Crippen LogP contribution in [0, 0.1) is 6.92 Å². The Kier molecular flexibility index (Phi) is 4.09. The van der Waals surface area contributed by atoms with Gasteiger partial charge in [-0.15, -0.1) is 0 Å². The molecule has 0 radical (unpaired) electrons. The first-order valence-electron chi connectivity index (χ1n) is 6.10. The van der Waals surface area contributed by atoms with Gasteiger partial charge >= 0.3 is 5.97 Å². The van der Waals surface area contributed by atoms with Crippen LogP contribution in [0.5, 0.6) is 5.75 Å². The average Bonchev–Trinajstić information content (AvgIpc) is 2.91. The zero-order valence-corrected chi connectivity index (χ0v) is 12.9. The van der Waals surface area contributed by atoms with Crippen LogP contribution >= 0.6 is 0 Å². The summed E-state index contributed by atoms with van der Waals surface area (Å²) in [4.78, 5) is 11.0. The molecule has 2 aromatic rings. The number of hydrogen-bond donors (Lipinski definition) is 1. The molecule has 0 saturated heterocycles. The summed E-state index contributed by atoms with van der Waals surface area (Å²) < 4.78 is 35.7. The number of sulfonamides is 1. The Balaban J connectivity index is 2.53. The number of nitrogens with zero attached hydrogens (tertiary/aromatic N) is 2. The van der Waals surface area contributed by atoms with Gasteiger partial charge in [-0.25, -0.2) is 17.5 Å². The summed E-state index contributed by atoms with van der Waals surface area (Å²) in [5, 5.41) is 12.8. The van der Waals surface area contributed by atoms with Gasteiger partial charge in [0.05, 0.1) is 12.0 Å². The lowest BCUT2D eigenvalue weighted by Gasteiger charge is -2.17. The Morgan fingerprint density at radius 2 is 2.09 bits per heavy atom. The predicted molar refractivity (Wildman–Crippen MR) is 76.8 cm³/mol. The first-order chi connectivity index (χ1) is 10.3. The fraction of sp³-hybridized carbons (Fsp3) is 0.231. The van der Waals surface area contributed by atoms with E-state index < -0.39 is 16.0 Å². The molecule has 0 fully saturated rings. The number of ether oxygens (including phenoxy) is 1. The van der Waals surface area contributed by atoms with E-state index in [1.54, 1.807) is 6.92 Å². The van der Waals surface area contributed by atoms with Crippen LogP contribution in [0.4, 0.5) is 5.82 Å². The molecular weight excluding hydrogens is 312 g/mol. The Labute approximate surface area is 127 Å². The van der Waals surface area contributed by atoms with Gasteiger partial charge in [-0.05, 0) is 25.1 Å². The molecule has 0 aliphatic rings. The lowest BCUT2D eigenvalue weighted by Crippen LogP contribution is -2.27. The number of anilines is 1. The van der Waals surface area contributed by atoms with Gasteiger partial charge in [0, 0.05) is 12.6 Å². The monoisotopic (exact) mass is 326 g/mol. The van der Waals surface area contributed by atoms with E-state index in [2.05, 4.69) is 5.16 Å². The minimum absolute atomic E-state index is 0.0757. The second-order valence-corrected chi connectivity index (χ2v) is 6.43. The Bertz CT molecular complexity index is 812. The number of benzene rings is 1. The van der Waals surface area contributed by atoms with Gasteiger partial charge in [0.1, 0.15) is 17.6 Å². The summed E-state index contributed by atoms with van der Waals surface area (Å²) in [5.41, 5.74) is 0.298. The molecule has 0 aliphatic heterocycles. The van der Waals surface area contributed by atoms with E-state index in [0.29, 0.717) is 5.56 Å². The van der Waals surface area contributed by atoms with Crippen molar-refractivity contribution in [2.45, 2.75) is 11.8 Å². The largest absolute Gasteiger partial charge is 0.496 e. The highest BCUT2D eigenvalue weighted by Gasteiger charge is 2.26. The lowest BCUT2D eigenvalue weighted by atomic mass is 10.2. The van der Waals surface area contributed by atoms with Crippen LogP contribution in [-0.2, 0) is 10.0 Å². The van der Waals surface area contributed by atoms with Crippen molar-refractivity contribution in [1.29, 1.82) is 0 Å². The van der Waals surface area contributed by atoms with Gasteiger partial charge in [0.15, 0.2) is 5.82 Å². The molecular formula is C13H14N2O6S. The Morgan fingerprint density at radius 3 is 2.59 bits per heavy atom. The first-order valence-corrected chi connectivity index (χ1v) is 7.54. The summed E-state index contributed by atoms with van der Waals surface area (Å²) in [7, 11) is -1.36. The molecule has 8 nitrogen and oxygen atoms in total. The molecule has 0 bridgehead atoms. The molecule has 1 aromatic carbocycles. The van der Waals surface area contributed by atoms with E-state index in [4.69, 9.17) is 14.4 Å². The number of hydrogen-bond acceptors (Lipinski definition) is 6. The third-order valence-electron chi connectivity index (χ3n) is 3.08. The van der Waals surface area contributed by atoms with Gasteiger partial charge < -0.3 is 14.4 Å². The van der Waals surface area contributed by atoms with Crippen LogP contribution < -0.4 is 9.04 Å². The van der Waals surface area contributed by atoms with Crippen LogP contribution in [0.25, 0.3) is 0 Å². The maximum absolute atomic E-state index is 12.6. The van der Waals surface area contributed by atoms with Crippen molar-refractivity contribution in [1.82, 2.24) is 5.16 Å². The van der Waals surface area contributed by atoms with Crippen molar-refractivity contribution in [3.63, 3.8) is 0 Å². The molecule has 1 aromatic heterocycles. The van der Waals surface area contributed by atoms with Crippen LogP contribution in [0.1, 0.15) is 15.9 Å². The quantitative estimate of drug-likeness (QED) is 0.886. The molecule has 9 heteroatoms. The highest BCUT2D eigenvalue weighted by atomic mass is 32.2.